The van der Waals surface area contributed by atoms with Crippen LogP contribution in [0.2, 0.25) is 0 Å². The zero-order chi connectivity index (χ0) is 19.8. The van der Waals surface area contributed by atoms with E-state index in [4.69, 9.17) is 4.74 Å². The van der Waals surface area contributed by atoms with Crippen molar-refractivity contribution < 1.29 is 9.53 Å². The number of carbonyl (C=O) groups excluding carboxylic acids is 1. The Bertz CT molecular complexity index is 904. The molecule has 1 aromatic heterocycles. The fraction of sp³-hybridized carbons (Fsp3) is 0.571. The number of amides is 1. The van der Waals surface area contributed by atoms with Crippen LogP contribution in [0.5, 0.6) is 0 Å². The van der Waals surface area contributed by atoms with Gasteiger partial charge in [0.2, 0.25) is 11.9 Å². The molecular weight excluding hydrogens is 386 g/mol. The van der Waals surface area contributed by atoms with E-state index >= 15 is 0 Å². The summed E-state index contributed by atoms with van der Waals surface area (Å²) in [6.45, 7) is 5.06. The molecule has 1 aromatic carbocycles. The van der Waals surface area contributed by atoms with Gasteiger partial charge in [-0.25, -0.2) is 0 Å². The van der Waals surface area contributed by atoms with Crippen LogP contribution in [0.3, 0.4) is 0 Å². The highest BCUT2D eigenvalue weighted by Crippen LogP contribution is 2.41. The summed E-state index contributed by atoms with van der Waals surface area (Å²) in [5.41, 5.74) is 3.67. The number of hydrogen-bond acceptors (Lipinski definition) is 6. The van der Waals surface area contributed by atoms with Crippen LogP contribution in [0.1, 0.15) is 43.4 Å². The van der Waals surface area contributed by atoms with Crippen molar-refractivity contribution in [2.75, 3.05) is 36.5 Å². The lowest BCUT2D eigenvalue weighted by Gasteiger charge is -2.28. The lowest BCUT2D eigenvalue weighted by molar-refractivity contribution is -0.115. The summed E-state index contributed by atoms with van der Waals surface area (Å²) in [4.78, 5) is 15.1. The third-order valence-corrected chi connectivity index (χ3v) is 6.93. The van der Waals surface area contributed by atoms with Crippen molar-refractivity contribution in [2.24, 2.45) is 0 Å². The molecule has 1 atom stereocenters. The number of morpholine rings is 1. The average Bonchev–Trinajstić information content (AvgIpc) is 3.32. The molecule has 2 heterocycles. The highest BCUT2D eigenvalue weighted by atomic mass is 32.2. The van der Waals surface area contributed by atoms with E-state index in [2.05, 4.69) is 37.1 Å². The molecule has 1 saturated heterocycles. The summed E-state index contributed by atoms with van der Waals surface area (Å²) in [6.07, 6.45) is 5.77. The van der Waals surface area contributed by atoms with Gasteiger partial charge >= 0.3 is 0 Å². The largest absolute Gasteiger partial charge is 0.378 e. The Kier molecular flexibility index (Phi) is 5.22. The zero-order valence-electron chi connectivity index (χ0n) is 16.8. The molecule has 7 nitrogen and oxygen atoms in total. The van der Waals surface area contributed by atoms with Crippen molar-refractivity contribution in [1.29, 1.82) is 0 Å². The van der Waals surface area contributed by atoms with E-state index in [0.29, 0.717) is 6.04 Å². The second-order valence-electron chi connectivity index (χ2n) is 8.07. The number of anilines is 2. The van der Waals surface area contributed by atoms with Gasteiger partial charge in [0.05, 0.1) is 18.5 Å². The van der Waals surface area contributed by atoms with Gasteiger partial charge in [0.15, 0.2) is 5.16 Å². The number of nitrogens with zero attached hydrogens (tertiary/aromatic N) is 4. The molecule has 1 aliphatic heterocycles. The number of aryl methyl sites for hydroxylation is 2. The van der Waals surface area contributed by atoms with E-state index in [0.717, 1.165) is 68.8 Å². The molecule has 2 fully saturated rings. The summed E-state index contributed by atoms with van der Waals surface area (Å²) < 4.78 is 7.70. The maximum absolute atomic E-state index is 12.8. The number of ether oxygens (including phenoxy) is 1. The molecule has 1 saturated carbocycles. The first-order chi connectivity index (χ1) is 14.2. The van der Waals surface area contributed by atoms with Crippen molar-refractivity contribution in [1.82, 2.24) is 14.8 Å². The summed E-state index contributed by atoms with van der Waals surface area (Å²) in [5.74, 6) is 0.927. The summed E-state index contributed by atoms with van der Waals surface area (Å²) in [5, 5.41) is 12.6. The van der Waals surface area contributed by atoms with E-state index in [1.807, 2.05) is 13.0 Å². The van der Waals surface area contributed by atoms with Crippen LogP contribution >= 0.6 is 11.8 Å². The molecule has 154 valence electrons. The zero-order valence-corrected chi connectivity index (χ0v) is 17.6. The second-order valence-corrected chi connectivity index (χ2v) is 9.38. The molecule has 2 aliphatic carbocycles. The molecule has 0 spiro atoms. The highest BCUT2D eigenvalue weighted by Gasteiger charge is 2.33. The Balaban J connectivity index is 1.28. The fourth-order valence-corrected chi connectivity index (χ4v) is 5.00. The number of nitrogens with one attached hydrogen (secondary N) is 1. The summed E-state index contributed by atoms with van der Waals surface area (Å²) in [7, 11) is 0. The molecule has 5 rings (SSSR count). The van der Waals surface area contributed by atoms with Crippen LogP contribution in [-0.2, 0) is 22.4 Å². The van der Waals surface area contributed by atoms with Crippen molar-refractivity contribution >= 4 is 29.3 Å². The minimum atomic E-state index is -0.248. The lowest BCUT2D eigenvalue weighted by Crippen LogP contribution is -2.38. The third-order valence-electron chi connectivity index (χ3n) is 5.87. The van der Waals surface area contributed by atoms with Crippen LogP contribution in [0.15, 0.2) is 23.4 Å². The number of rotatable bonds is 6. The number of aromatic nitrogens is 3. The maximum atomic E-state index is 12.8. The normalized spacial score (nSPS) is 19.8. The Labute approximate surface area is 175 Å². The summed E-state index contributed by atoms with van der Waals surface area (Å²) in [6, 6.07) is 6.75. The molecule has 8 heteroatoms. The molecule has 1 amide bonds. The quantitative estimate of drug-likeness (QED) is 0.734. The number of hydrogen-bond donors (Lipinski definition) is 1. The van der Waals surface area contributed by atoms with Gasteiger partial charge in [-0.2, -0.15) is 0 Å². The van der Waals surface area contributed by atoms with E-state index in [-0.39, 0.29) is 11.2 Å². The molecule has 29 heavy (non-hydrogen) atoms. The van der Waals surface area contributed by atoms with Gasteiger partial charge in [0.25, 0.3) is 0 Å². The first kappa shape index (κ1) is 18.9. The van der Waals surface area contributed by atoms with E-state index in [1.54, 1.807) is 0 Å². The first-order valence-electron chi connectivity index (χ1n) is 10.6. The van der Waals surface area contributed by atoms with Gasteiger partial charge in [-0.15, -0.1) is 10.2 Å². The predicted octanol–water partition coefficient (Wildman–Crippen LogP) is 3.06. The number of benzene rings is 1. The first-order valence-corrected chi connectivity index (χ1v) is 11.4. The van der Waals surface area contributed by atoms with E-state index in [1.165, 1.54) is 29.3 Å². The van der Waals surface area contributed by atoms with Crippen LogP contribution in [0, 0.1) is 0 Å². The minimum absolute atomic E-state index is 0.00576. The molecule has 1 unspecified atom stereocenters. The molecule has 3 aliphatic rings. The van der Waals surface area contributed by atoms with Gasteiger partial charge in [-0.05, 0) is 62.3 Å². The number of fused-ring (bicyclic) bond motifs is 1. The van der Waals surface area contributed by atoms with Gasteiger partial charge < -0.3 is 15.0 Å². The molecule has 2 aromatic rings. The Morgan fingerprint density at radius 1 is 1.21 bits per heavy atom. The van der Waals surface area contributed by atoms with Gasteiger partial charge in [0, 0.05) is 24.8 Å². The Morgan fingerprint density at radius 3 is 2.79 bits per heavy atom. The van der Waals surface area contributed by atoms with Gasteiger partial charge in [0.1, 0.15) is 0 Å². The average molecular weight is 414 g/mol. The molecule has 0 bridgehead atoms. The molecular formula is C21H27N5O2S. The van der Waals surface area contributed by atoms with Gasteiger partial charge in [-0.3, -0.25) is 9.36 Å². The topological polar surface area (TPSA) is 72.3 Å². The second kappa shape index (κ2) is 7.99. The van der Waals surface area contributed by atoms with Gasteiger partial charge in [-0.1, -0.05) is 17.8 Å². The Hall–Kier alpha value is -2.06. The number of carbonyl (C=O) groups is 1. The van der Waals surface area contributed by atoms with Crippen LogP contribution < -0.4 is 10.2 Å². The fourth-order valence-electron chi connectivity index (χ4n) is 4.09. The molecule has 1 N–H and O–H groups in total. The Morgan fingerprint density at radius 2 is 2.00 bits per heavy atom. The maximum Gasteiger partial charge on any atom is 0.237 e. The summed E-state index contributed by atoms with van der Waals surface area (Å²) >= 11 is 1.50. The van der Waals surface area contributed by atoms with Crippen molar-refractivity contribution in [3.05, 3.63) is 29.3 Å². The van der Waals surface area contributed by atoms with Crippen molar-refractivity contribution in [3.8, 4) is 0 Å². The SMILES string of the molecule is CC(Sc1nnc(N2CCOCC2)n1C1CC1)C(=O)Nc1ccc2c(c1)CCC2. The van der Waals surface area contributed by atoms with Crippen molar-refractivity contribution in [3.63, 3.8) is 0 Å². The van der Waals surface area contributed by atoms with E-state index < -0.39 is 0 Å². The predicted molar refractivity (Wildman–Crippen MR) is 114 cm³/mol. The van der Waals surface area contributed by atoms with E-state index in [9.17, 15) is 4.79 Å². The van der Waals surface area contributed by atoms with Crippen LogP contribution in [0.4, 0.5) is 11.6 Å². The third kappa shape index (κ3) is 4.00. The minimum Gasteiger partial charge on any atom is -0.378 e. The molecule has 0 radical (unpaired) electrons. The monoisotopic (exact) mass is 413 g/mol. The van der Waals surface area contributed by atoms with Crippen LogP contribution in [0.25, 0.3) is 0 Å². The highest BCUT2D eigenvalue weighted by molar-refractivity contribution is 8.00. The van der Waals surface area contributed by atoms with Crippen LogP contribution in [-0.4, -0.2) is 52.2 Å². The van der Waals surface area contributed by atoms with Crippen molar-refractivity contribution in [2.45, 2.75) is 55.5 Å². The standard InChI is InChI=1S/C21H27N5O2S/c1-14(19(27)22-17-6-5-15-3-2-4-16(15)13-17)29-21-24-23-20(26(21)18-7-8-18)25-9-11-28-12-10-25/h5-6,13-14,18H,2-4,7-12H2,1H3,(H,22,27). The smallest absolute Gasteiger partial charge is 0.237 e. The lowest BCUT2D eigenvalue weighted by atomic mass is 10.1. The number of thioether (sulfide) groups is 1.